The summed E-state index contributed by atoms with van der Waals surface area (Å²) in [5.74, 6) is 2.77. The van der Waals surface area contributed by atoms with Crippen molar-refractivity contribution < 1.29 is 4.39 Å². The van der Waals surface area contributed by atoms with E-state index in [0.717, 1.165) is 35.8 Å². The number of aromatic nitrogens is 2. The molecule has 1 fully saturated rings. The number of benzene rings is 1. The standard InChI is InChI=1S/C12H12FN3S/c13-10-3-1-2-9-11(10)14-8-15-12(9)16-4-6-17-7-5-16/h1-3,8H,4-7H2. The number of nitrogens with zero attached hydrogens (tertiary/aromatic N) is 3. The predicted octanol–water partition coefficient (Wildman–Crippen LogP) is 2.32. The molecule has 3 nitrogen and oxygen atoms in total. The summed E-state index contributed by atoms with van der Waals surface area (Å²) in [6.45, 7) is 1.93. The van der Waals surface area contributed by atoms with Crippen molar-refractivity contribution in [1.82, 2.24) is 9.97 Å². The van der Waals surface area contributed by atoms with E-state index in [-0.39, 0.29) is 5.82 Å². The molecule has 3 rings (SSSR count). The molecule has 0 aliphatic carbocycles. The summed E-state index contributed by atoms with van der Waals surface area (Å²) in [4.78, 5) is 10.5. The molecular weight excluding hydrogens is 237 g/mol. The normalized spacial score (nSPS) is 16.4. The van der Waals surface area contributed by atoms with Crippen molar-refractivity contribution in [3.63, 3.8) is 0 Å². The van der Waals surface area contributed by atoms with Crippen LogP contribution in [-0.2, 0) is 0 Å². The molecule has 88 valence electrons. The smallest absolute Gasteiger partial charge is 0.149 e. The van der Waals surface area contributed by atoms with Crippen LogP contribution in [0.25, 0.3) is 10.9 Å². The first-order valence-corrected chi connectivity index (χ1v) is 6.73. The number of hydrogen-bond acceptors (Lipinski definition) is 4. The van der Waals surface area contributed by atoms with Crippen molar-refractivity contribution >= 4 is 28.5 Å². The Labute approximate surface area is 103 Å². The molecule has 1 aromatic carbocycles. The second-order valence-electron chi connectivity index (χ2n) is 3.93. The van der Waals surface area contributed by atoms with E-state index in [2.05, 4.69) is 14.9 Å². The molecule has 0 atom stereocenters. The maximum Gasteiger partial charge on any atom is 0.149 e. The summed E-state index contributed by atoms with van der Waals surface area (Å²) in [5.41, 5.74) is 0.413. The second-order valence-corrected chi connectivity index (χ2v) is 5.16. The van der Waals surface area contributed by atoms with Crippen LogP contribution in [0.5, 0.6) is 0 Å². The lowest BCUT2D eigenvalue weighted by molar-refractivity contribution is 0.636. The lowest BCUT2D eigenvalue weighted by Gasteiger charge is -2.28. The van der Waals surface area contributed by atoms with Crippen LogP contribution in [0, 0.1) is 5.82 Å². The number of para-hydroxylation sites is 1. The summed E-state index contributed by atoms with van der Waals surface area (Å²) in [5, 5.41) is 0.805. The van der Waals surface area contributed by atoms with Gasteiger partial charge in [0.1, 0.15) is 23.5 Å². The zero-order valence-corrected chi connectivity index (χ0v) is 10.1. The summed E-state index contributed by atoms with van der Waals surface area (Å²) >= 11 is 1.94. The van der Waals surface area contributed by atoms with Gasteiger partial charge in [-0.1, -0.05) is 6.07 Å². The number of hydrogen-bond donors (Lipinski definition) is 0. The fourth-order valence-corrected chi connectivity index (χ4v) is 2.97. The minimum Gasteiger partial charge on any atom is -0.354 e. The van der Waals surface area contributed by atoms with Gasteiger partial charge >= 0.3 is 0 Å². The van der Waals surface area contributed by atoms with Crippen LogP contribution in [0.4, 0.5) is 10.2 Å². The monoisotopic (exact) mass is 249 g/mol. The molecule has 1 saturated heterocycles. The molecule has 2 heterocycles. The first-order chi connectivity index (χ1) is 8.36. The average Bonchev–Trinajstić information content (AvgIpc) is 2.40. The largest absolute Gasteiger partial charge is 0.354 e. The Morgan fingerprint density at radius 3 is 2.82 bits per heavy atom. The van der Waals surface area contributed by atoms with Gasteiger partial charge in [0.05, 0.1) is 0 Å². The molecule has 1 aromatic heterocycles. The van der Waals surface area contributed by atoms with Crippen LogP contribution < -0.4 is 4.90 Å². The van der Waals surface area contributed by atoms with Crippen molar-refractivity contribution in [2.45, 2.75) is 0 Å². The van der Waals surface area contributed by atoms with Crippen LogP contribution in [0.1, 0.15) is 0 Å². The van der Waals surface area contributed by atoms with Crippen LogP contribution >= 0.6 is 11.8 Å². The van der Waals surface area contributed by atoms with E-state index in [1.54, 1.807) is 6.07 Å². The molecule has 5 heteroatoms. The van der Waals surface area contributed by atoms with E-state index in [0.29, 0.717) is 5.52 Å². The molecule has 0 N–H and O–H groups in total. The van der Waals surface area contributed by atoms with Crippen molar-refractivity contribution in [1.29, 1.82) is 0 Å². The van der Waals surface area contributed by atoms with Crippen molar-refractivity contribution in [3.05, 3.63) is 30.3 Å². The van der Waals surface area contributed by atoms with Gasteiger partial charge in [0, 0.05) is 30.0 Å². The van der Waals surface area contributed by atoms with Gasteiger partial charge in [0.2, 0.25) is 0 Å². The molecular formula is C12H12FN3S. The minimum atomic E-state index is -0.280. The molecule has 1 aliphatic heterocycles. The maximum atomic E-state index is 13.6. The highest BCUT2D eigenvalue weighted by atomic mass is 32.2. The molecule has 17 heavy (non-hydrogen) atoms. The molecule has 0 radical (unpaired) electrons. The van der Waals surface area contributed by atoms with Crippen LogP contribution in [-0.4, -0.2) is 34.6 Å². The molecule has 0 saturated carbocycles. The Kier molecular flexibility index (Phi) is 2.84. The van der Waals surface area contributed by atoms with Gasteiger partial charge in [0.25, 0.3) is 0 Å². The lowest BCUT2D eigenvalue weighted by atomic mass is 10.2. The van der Waals surface area contributed by atoms with Gasteiger partial charge in [-0.25, -0.2) is 14.4 Å². The zero-order chi connectivity index (χ0) is 11.7. The Balaban J connectivity index is 2.12. The Bertz CT molecular complexity index is 540. The second kappa shape index (κ2) is 4.49. The number of rotatable bonds is 1. The van der Waals surface area contributed by atoms with Crippen molar-refractivity contribution in [2.75, 3.05) is 29.5 Å². The fraction of sp³-hybridized carbons (Fsp3) is 0.333. The molecule has 2 aromatic rings. The minimum absolute atomic E-state index is 0.280. The van der Waals surface area contributed by atoms with E-state index < -0.39 is 0 Å². The number of fused-ring (bicyclic) bond motifs is 1. The Morgan fingerprint density at radius 1 is 1.18 bits per heavy atom. The molecule has 0 unspecified atom stereocenters. The highest BCUT2D eigenvalue weighted by Crippen LogP contribution is 2.26. The average molecular weight is 249 g/mol. The van der Waals surface area contributed by atoms with Crippen molar-refractivity contribution in [2.24, 2.45) is 0 Å². The molecule has 1 aliphatic rings. The number of anilines is 1. The third-order valence-corrected chi connectivity index (χ3v) is 3.85. The Morgan fingerprint density at radius 2 is 2.00 bits per heavy atom. The first kappa shape index (κ1) is 10.8. The highest BCUT2D eigenvalue weighted by Gasteiger charge is 2.16. The van der Waals surface area contributed by atoms with Gasteiger partial charge in [-0.3, -0.25) is 0 Å². The number of thioether (sulfide) groups is 1. The van der Waals surface area contributed by atoms with Crippen LogP contribution in [0.2, 0.25) is 0 Å². The predicted molar refractivity (Wildman–Crippen MR) is 69.0 cm³/mol. The summed E-state index contributed by atoms with van der Waals surface area (Å²) in [7, 11) is 0. The SMILES string of the molecule is Fc1cccc2c(N3CCSCC3)ncnc12. The molecule has 0 amide bonds. The van der Waals surface area contributed by atoms with Gasteiger partial charge in [-0.05, 0) is 12.1 Å². The summed E-state index contributed by atoms with van der Waals surface area (Å²) in [6.07, 6.45) is 1.45. The van der Waals surface area contributed by atoms with Gasteiger partial charge in [-0.15, -0.1) is 0 Å². The third-order valence-electron chi connectivity index (χ3n) is 2.91. The Hall–Kier alpha value is -1.36. The van der Waals surface area contributed by atoms with Gasteiger partial charge < -0.3 is 4.90 Å². The van der Waals surface area contributed by atoms with Gasteiger partial charge in [-0.2, -0.15) is 11.8 Å². The lowest BCUT2D eigenvalue weighted by Crippen LogP contribution is -2.33. The topological polar surface area (TPSA) is 29.0 Å². The van der Waals surface area contributed by atoms with E-state index in [1.807, 2.05) is 17.8 Å². The van der Waals surface area contributed by atoms with E-state index in [1.165, 1.54) is 12.4 Å². The van der Waals surface area contributed by atoms with Crippen LogP contribution in [0.3, 0.4) is 0 Å². The maximum absolute atomic E-state index is 13.6. The summed E-state index contributed by atoms with van der Waals surface area (Å²) in [6, 6.07) is 5.03. The van der Waals surface area contributed by atoms with E-state index in [9.17, 15) is 4.39 Å². The molecule has 0 spiro atoms. The summed E-state index contributed by atoms with van der Waals surface area (Å²) < 4.78 is 13.6. The van der Waals surface area contributed by atoms with E-state index in [4.69, 9.17) is 0 Å². The van der Waals surface area contributed by atoms with Crippen LogP contribution in [0.15, 0.2) is 24.5 Å². The molecule has 0 bridgehead atoms. The quantitative estimate of drug-likeness (QED) is 0.775. The zero-order valence-electron chi connectivity index (χ0n) is 9.27. The van der Waals surface area contributed by atoms with Gasteiger partial charge in [0.15, 0.2) is 0 Å². The van der Waals surface area contributed by atoms with Crippen molar-refractivity contribution in [3.8, 4) is 0 Å². The third kappa shape index (κ3) is 1.95. The number of halogens is 1. The highest BCUT2D eigenvalue weighted by molar-refractivity contribution is 7.99. The first-order valence-electron chi connectivity index (χ1n) is 5.58. The van der Waals surface area contributed by atoms with E-state index >= 15 is 0 Å². The fourth-order valence-electron chi connectivity index (χ4n) is 2.06.